The maximum atomic E-state index is 5.77. The van der Waals surface area contributed by atoms with Crippen LogP contribution in [-0.2, 0) is 6.54 Å². The number of aliphatic imine (C=N–C) groups is 1. The average molecular weight is 520 g/mol. The monoisotopic (exact) mass is 520 g/mol. The Morgan fingerprint density at radius 2 is 1.90 bits per heavy atom. The van der Waals surface area contributed by atoms with Crippen LogP contribution in [0.4, 0.5) is 5.69 Å². The van der Waals surface area contributed by atoms with E-state index >= 15 is 0 Å². The van der Waals surface area contributed by atoms with Crippen LogP contribution in [-0.4, -0.2) is 40.5 Å². The van der Waals surface area contributed by atoms with E-state index in [0.29, 0.717) is 25.7 Å². The number of nitrogens with one attached hydrogen (secondary N) is 2. The number of fused-ring (bicyclic) bond motifs is 1. The van der Waals surface area contributed by atoms with Crippen molar-refractivity contribution in [3.05, 3.63) is 60.7 Å². The van der Waals surface area contributed by atoms with Gasteiger partial charge in [-0.25, -0.2) is 4.99 Å². The molecule has 1 aliphatic rings. The third-order valence-electron chi connectivity index (χ3n) is 4.39. The summed E-state index contributed by atoms with van der Waals surface area (Å²) in [5.74, 6) is 2.93. The molecule has 1 aliphatic heterocycles. The molecule has 158 valence electrons. The minimum Gasteiger partial charge on any atom is -0.490 e. The van der Waals surface area contributed by atoms with Crippen molar-refractivity contribution in [1.82, 2.24) is 20.1 Å². The third-order valence-corrected chi connectivity index (χ3v) is 4.39. The highest BCUT2D eigenvalue weighted by atomic mass is 127. The molecule has 0 radical (unpaired) electrons. The Morgan fingerprint density at radius 3 is 2.70 bits per heavy atom. The molecule has 1 aromatic heterocycles. The van der Waals surface area contributed by atoms with E-state index in [4.69, 9.17) is 9.47 Å². The normalized spacial score (nSPS) is 13.2. The molecule has 4 rings (SSSR count). The fraction of sp³-hybridized carbons (Fsp3) is 0.286. The number of halogens is 1. The van der Waals surface area contributed by atoms with Crippen LogP contribution >= 0.6 is 24.0 Å². The highest BCUT2D eigenvalue weighted by Crippen LogP contribution is 2.32. The molecule has 0 atom stereocenters. The molecule has 2 heterocycles. The molecule has 9 heteroatoms. The zero-order chi connectivity index (χ0) is 19.9. The number of benzene rings is 2. The van der Waals surface area contributed by atoms with Crippen LogP contribution in [0.5, 0.6) is 11.5 Å². The van der Waals surface area contributed by atoms with Crippen LogP contribution in [0.25, 0.3) is 5.69 Å². The first-order chi connectivity index (χ1) is 14.3. The van der Waals surface area contributed by atoms with Crippen molar-refractivity contribution in [3.8, 4) is 17.2 Å². The number of anilines is 1. The summed E-state index contributed by atoms with van der Waals surface area (Å²) in [6.45, 7) is 4.47. The number of para-hydroxylation sites is 1. The van der Waals surface area contributed by atoms with Gasteiger partial charge < -0.3 is 20.1 Å². The van der Waals surface area contributed by atoms with Gasteiger partial charge in [0, 0.05) is 30.4 Å². The standard InChI is InChI=1S/C21H24N6O2.HI/c1-2-22-21(25-16-9-10-18-19(13-16)29-12-6-11-28-18)23-14-20-26-24-15-27(20)17-7-4-3-5-8-17;/h3-5,7-10,13,15H,2,6,11-12,14H2,1H3,(H2,22,23,25);1H. The van der Waals surface area contributed by atoms with Gasteiger partial charge in [-0.2, -0.15) is 0 Å². The lowest BCUT2D eigenvalue weighted by molar-refractivity contribution is 0.297. The molecular formula is C21H25IN6O2. The van der Waals surface area contributed by atoms with Gasteiger partial charge in [0.05, 0.1) is 13.2 Å². The van der Waals surface area contributed by atoms with Crippen molar-refractivity contribution in [2.75, 3.05) is 25.1 Å². The van der Waals surface area contributed by atoms with E-state index in [2.05, 4.69) is 25.8 Å². The number of ether oxygens (including phenoxy) is 2. The molecule has 0 amide bonds. The van der Waals surface area contributed by atoms with E-state index < -0.39 is 0 Å². The fourth-order valence-electron chi connectivity index (χ4n) is 3.01. The maximum absolute atomic E-state index is 5.77. The summed E-state index contributed by atoms with van der Waals surface area (Å²) < 4.78 is 13.4. The number of nitrogens with zero attached hydrogens (tertiary/aromatic N) is 4. The maximum Gasteiger partial charge on any atom is 0.196 e. The zero-order valence-electron chi connectivity index (χ0n) is 16.7. The van der Waals surface area contributed by atoms with Crippen LogP contribution in [0.3, 0.4) is 0 Å². The highest BCUT2D eigenvalue weighted by Gasteiger charge is 2.12. The van der Waals surface area contributed by atoms with E-state index in [9.17, 15) is 0 Å². The number of guanidine groups is 1. The summed E-state index contributed by atoms with van der Waals surface area (Å²) in [5.41, 5.74) is 1.88. The summed E-state index contributed by atoms with van der Waals surface area (Å²) >= 11 is 0. The first-order valence-electron chi connectivity index (χ1n) is 9.73. The molecule has 0 saturated heterocycles. The molecule has 0 spiro atoms. The summed E-state index contributed by atoms with van der Waals surface area (Å²) in [7, 11) is 0. The molecule has 0 unspecified atom stereocenters. The molecule has 2 aromatic carbocycles. The second-order valence-electron chi connectivity index (χ2n) is 6.48. The largest absolute Gasteiger partial charge is 0.490 e. The number of hydrogen-bond donors (Lipinski definition) is 2. The van der Waals surface area contributed by atoms with Crippen molar-refractivity contribution < 1.29 is 9.47 Å². The van der Waals surface area contributed by atoms with Crippen molar-refractivity contribution in [2.45, 2.75) is 19.9 Å². The molecule has 0 aliphatic carbocycles. The number of rotatable bonds is 5. The quantitative estimate of drug-likeness (QED) is 0.304. The zero-order valence-corrected chi connectivity index (χ0v) is 19.1. The highest BCUT2D eigenvalue weighted by molar-refractivity contribution is 14.0. The lowest BCUT2D eigenvalue weighted by atomic mass is 10.3. The van der Waals surface area contributed by atoms with E-state index in [1.54, 1.807) is 6.33 Å². The molecule has 0 saturated carbocycles. The molecule has 3 aromatic rings. The fourth-order valence-corrected chi connectivity index (χ4v) is 3.01. The van der Waals surface area contributed by atoms with Crippen LogP contribution in [0.15, 0.2) is 59.9 Å². The van der Waals surface area contributed by atoms with Crippen LogP contribution < -0.4 is 20.1 Å². The van der Waals surface area contributed by atoms with Gasteiger partial charge in [0.15, 0.2) is 23.3 Å². The van der Waals surface area contributed by atoms with Gasteiger partial charge in [0.1, 0.15) is 12.9 Å². The van der Waals surface area contributed by atoms with E-state index in [-0.39, 0.29) is 24.0 Å². The topological polar surface area (TPSA) is 85.6 Å². The Morgan fingerprint density at radius 1 is 1.10 bits per heavy atom. The SMILES string of the molecule is CCNC(=NCc1nncn1-c1ccccc1)Nc1ccc2c(c1)OCCCO2.I. The molecule has 0 fully saturated rings. The Balaban J connectivity index is 0.00000256. The van der Waals surface area contributed by atoms with Crippen molar-refractivity contribution in [2.24, 2.45) is 4.99 Å². The van der Waals surface area contributed by atoms with E-state index in [1.807, 2.05) is 60.0 Å². The number of aromatic nitrogens is 3. The molecule has 30 heavy (non-hydrogen) atoms. The van der Waals surface area contributed by atoms with Gasteiger partial charge in [0.25, 0.3) is 0 Å². The lowest BCUT2D eigenvalue weighted by Gasteiger charge is -2.14. The molecule has 8 nitrogen and oxygen atoms in total. The Bertz CT molecular complexity index is 977. The van der Waals surface area contributed by atoms with Gasteiger partial charge in [0.2, 0.25) is 0 Å². The van der Waals surface area contributed by atoms with Crippen LogP contribution in [0, 0.1) is 0 Å². The molecular weight excluding hydrogens is 495 g/mol. The average Bonchev–Trinajstić information content (AvgIpc) is 3.10. The molecule has 0 bridgehead atoms. The third kappa shape index (κ3) is 5.41. The first-order valence-corrected chi connectivity index (χ1v) is 9.73. The van der Waals surface area contributed by atoms with E-state index in [0.717, 1.165) is 41.7 Å². The van der Waals surface area contributed by atoms with Crippen molar-refractivity contribution >= 4 is 35.6 Å². The summed E-state index contributed by atoms with van der Waals surface area (Å²) in [6, 6.07) is 15.8. The van der Waals surface area contributed by atoms with Crippen molar-refractivity contribution in [3.63, 3.8) is 0 Å². The van der Waals surface area contributed by atoms with Gasteiger partial charge in [-0.15, -0.1) is 34.2 Å². The van der Waals surface area contributed by atoms with E-state index in [1.165, 1.54) is 0 Å². The van der Waals surface area contributed by atoms with Gasteiger partial charge in [-0.3, -0.25) is 4.57 Å². The molecule has 2 N–H and O–H groups in total. The van der Waals surface area contributed by atoms with Gasteiger partial charge in [-0.1, -0.05) is 18.2 Å². The number of hydrogen-bond acceptors (Lipinski definition) is 5. The summed E-state index contributed by atoms with van der Waals surface area (Å²) in [5, 5.41) is 14.8. The Kier molecular flexibility index (Phi) is 7.89. The Hall–Kier alpha value is -2.82. The first kappa shape index (κ1) is 21.9. The van der Waals surface area contributed by atoms with Gasteiger partial charge in [-0.05, 0) is 31.2 Å². The van der Waals surface area contributed by atoms with Crippen LogP contribution in [0.2, 0.25) is 0 Å². The van der Waals surface area contributed by atoms with Gasteiger partial charge >= 0.3 is 0 Å². The van der Waals surface area contributed by atoms with Crippen molar-refractivity contribution in [1.29, 1.82) is 0 Å². The lowest BCUT2D eigenvalue weighted by Crippen LogP contribution is -2.30. The minimum absolute atomic E-state index is 0. The van der Waals surface area contributed by atoms with Crippen LogP contribution in [0.1, 0.15) is 19.2 Å². The summed E-state index contributed by atoms with van der Waals surface area (Å²) in [4.78, 5) is 4.67. The second-order valence-corrected chi connectivity index (χ2v) is 6.48. The predicted octanol–water partition coefficient (Wildman–Crippen LogP) is 3.62. The second kappa shape index (κ2) is 10.8. The smallest absolute Gasteiger partial charge is 0.196 e. The summed E-state index contributed by atoms with van der Waals surface area (Å²) in [6.07, 6.45) is 2.58. The Labute approximate surface area is 192 Å². The minimum atomic E-state index is 0. The predicted molar refractivity (Wildman–Crippen MR) is 127 cm³/mol.